The van der Waals surface area contributed by atoms with Gasteiger partial charge < -0.3 is 10.3 Å². The first-order chi connectivity index (χ1) is 8.60. The molecular formula is C14H16Cl2N2. The van der Waals surface area contributed by atoms with E-state index < -0.39 is 0 Å². The molecule has 1 aromatic carbocycles. The van der Waals surface area contributed by atoms with Gasteiger partial charge in [-0.05, 0) is 41.8 Å². The summed E-state index contributed by atoms with van der Waals surface area (Å²) in [5.41, 5.74) is 8.15. The minimum absolute atomic E-state index is 0.0982. The van der Waals surface area contributed by atoms with Crippen LogP contribution in [0.3, 0.4) is 0 Å². The highest BCUT2D eigenvalue weighted by molar-refractivity contribution is 6.33. The summed E-state index contributed by atoms with van der Waals surface area (Å²) in [5.74, 6) is 0. The number of nitrogens with two attached hydrogens (primary N) is 1. The Labute approximate surface area is 117 Å². The maximum Gasteiger partial charge on any atom is 0.0485 e. The molecule has 0 saturated heterocycles. The van der Waals surface area contributed by atoms with Gasteiger partial charge in [-0.1, -0.05) is 30.1 Å². The van der Waals surface area contributed by atoms with Crippen LogP contribution in [-0.4, -0.2) is 4.57 Å². The van der Waals surface area contributed by atoms with Crippen molar-refractivity contribution in [1.29, 1.82) is 0 Å². The van der Waals surface area contributed by atoms with Gasteiger partial charge in [0.25, 0.3) is 0 Å². The smallest absolute Gasteiger partial charge is 0.0485 e. The first kappa shape index (κ1) is 13.5. The van der Waals surface area contributed by atoms with E-state index in [1.165, 1.54) is 0 Å². The Morgan fingerprint density at radius 3 is 2.78 bits per heavy atom. The second-order valence-electron chi connectivity index (χ2n) is 4.37. The molecule has 0 fully saturated rings. The summed E-state index contributed by atoms with van der Waals surface area (Å²) in [5, 5.41) is 1.43. The molecule has 96 valence electrons. The van der Waals surface area contributed by atoms with E-state index in [2.05, 4.69) is 17.7 Å². The number of hydrogen-bond donors (Lipinski definition) is 1. The molecule has 2 rings (SSSR count). The summed E-state index contributed by atoms with van der Waals surface area (Å²) >= 11 is 12.1. The van der Waals surface area contributed by atoms with E-state index in [0.717, 1.165) is 22.6 Å². The Bertz CT molecular complexity index is 534. The quantitative estimate of drug-likeness (QED) is 0.893. The van der Waals surface area contributed by atoms with Crippen molar-refractivity contribution in [3.63, 3.8) is 0 Å². The molecule has 1 atom stereocenters. The van der Waals surface area contributed by atoms with Gasteiger partial charge in [-0.3, -0.25) is 0 Å². The molecule has 0 radical (unpaired) electrons. The number of aromatic nitrogens is 1. The predicted molar refractivity (Wildman–Crippen MR) is 77.2 cm³/mol. The molecule has 0 aliphatic carbocycles. The van der Waals surface area contributed by atoms with Crippen molar-refractivity contribution < 1.29 is 0 Å². The molecule has 0 amide bonds. The fourth-order valence-corrected chi connectivity index (χ4v) is 2.25. The van der Waals surface area contributed by atoms with Gasteiger partial charge in [-0.2, -0.15) is 0 Å². The lowest BCUT2D eigenvalue weighted by Gasteiger charge is -2.07. The van der Waals surface area contributed by atoms with Crippen LogP contribution in [0.15, 0.2) is 36.7 Å². The molecule has 0 saturated carbocycles. The molecule has 0 bridgehead atoms. The van der Waals surface area contributed by atoms with Crippen molar-refractivity contribution in [1.82, 2.24) is 4.57 Å². The van der Waals surface area contributed by atoms with Crippen LogP contribution in [0.5, 0.6) is 0 Å². The third-order valence-corrected chi connectivity index (χ3v) is 3.61. The van der Waals surface area contributed by atoms with E-state index in [1.54, 1.807) is 6.07 Å². The van der Waals surface area contributed by atoms with Gasteiger partial charge in [0, 0.05) is 35.0 Å². The third-order valence-electron chi connectivity index (χ3n) is 3.00. The van der Waals surface area contributed by atoms with Gasteiger partial charge in [-0.25, -0.2) is 0 Å². The third kappa shape index (κ3) is 3.08. The van der Waals surface area contributed by atoms with Gasteiger partial charge in [0.1, 0.15) is 0 Å². The van der Waals surface area contributed by atoms with Crippen LogP contribution >= 0.6 is 23.2 Å². The first-order valence-corrected chi connectivity index (χ1v) is 6.71. The van der Waals surface area contributed by atoms with E-state index >= 15 is 0 Å². The summed E-state index contributed by atoms with van der Waals surface area (Å²) in [6, 6.07) is 7.65. The SMILES string of the molecule is CCC(N)c1ccn(Cc2cc(Cl)ccc2Cl)c1. The van der Waals surface area contributed by atoms with Crippen LogP contribution in [0.1, 0.15) is 30.5 Å². The van der Waals surface area contributed by atoms with Crippen molar-refractivity contribution in [3.8, 4) is 0 Å². The fourth-order valence-electron chi connectivity index (χ4n) is 1.87. The van der Waals surface area contributed by atoms with E-state index in [4.69, 9.17) is 28.9 Å². The standard InChI is InChI=1S/C14H16Cl2N2/c1-2-14(17)10-5-6-18(8-10)9-11-7-12(15)3-4-13(11)16/h3-8,14H,2,9,17H2,1H3. The Morgan fingerprint density at radius 1 is 1.28 bits per heavy atom. The maximum absolute atomic E-state index is 6.15. The van der Waals surface area contributed by atoms with Crippen molar-refractivity contribution in [3.05, 3.63) is 57.8 Å². The highest BCUT2D eigenvalue weighted by atomic mass is 35.5. The maximum atomic E-state index is 6.15. The average Bonchev–Trinajstić information content (AvgIpc) is 2.81. The number of hydrogen-bond acceptors (Lipinski definition) is 1. The van der Waals surface area contributed by atoms with Crippen LogP contribution < -0.4 is 5.73 Å². The average molecular weight is 283 g/mol. The van der Waals surface area contributed by atoms with Crippen LogP contribution in [0.25, 0.3) is 0 Å². The molecule has 0 aliphatic rings. The normalized spacial score (nSPS) is 12.7. The van der Waals surface area contributed by atoms with Crippen molar-refractivity contribution in [2.45, 2.75) is 25.9 Å². The van der Waals surface area contributed by atoms with E-state index in [9.17, 15) is 0 Å². The second kappa shape index (κ2) is 5.79. The summed E-state index contributed by atoms with van der Waals surface area (Å²) in [6.45, 7) is 2.78. The highest BCUT2D eigenvalue weighted by Crippen LogP contribution is 2.22. The lowest BCUT2D eigenvalue weighted by atomic mass is 10.1. The zero-order valence-electron chi connectivity index (χ0n) is 10.2. The molecule has 0 spiro atoms. The summed E-state index contributed by atoms with van der Waals surface area (Å²) < 4.78 is 2.07. The Kier molecular flexibility index (Phi) is 4.33. The zero-order valence-corrected chi connectivity index (χ0v) is 11.7. The molecule has 2 aromatic rings. The molecule has 1 unspecified atom stereocenters. The highest BCUT2D eigenvalue weighted by Gasteiger charge is 2.07. The number of nitrogens with zero attached hydrogens (tertiary/aromatic N) is 1. The molecule has 4 heteroatoms. The molecule has 1 aromatic heterocycles. The number of halogens is 2. The van der Waals surface area contributed by atoms with Gasteiger partial charge in [0.15, 0.2) is 0 Å². The van der Waals surface area contributed by atoms with Crippen LogP contribution in [0.2, 0.25) is 10.0 Å². The minimum atomic E-state index is 0.0982. The van der Waals surface area contributed by atoms with Crippen molar-refractivity contribution in [2.24, 2.45) is 5.73 Å². The monoisotopic (exact) mass is 282 g/mol. The zero-order chi connectivity index (χ0) is 13.1. The molecule has 18 heavy (non-hydrogen) atoms. The van der Waals surface area contributed by atoms with Crippen molar-refractivity contribution in [2.75, 3.05) is 0 Å². The van der Waals surface area contributed by atoms with Gasteiger partial charge >= 0.3 is 0 Å². The molecule has 1 heterocycles. The van der Waals surface area contributed by atoms with Crippen LogP contribution in [0, 0.1) is 0 Å². The van der Waals surface area contributed by atoms with E-state index in [1.807, 2.05) is 24.4 Å². The second-order valence-corrected chi connectivity index (χ2v) is 5.21. The predicted octanol–water partition coefficient (Wildman–Crippen LogP) is 4.25. The minimum Gasteiger partial charge on any atom is -0.350 e. The Hall–Kier alpha value is -0.960. The molecule has 0 aliphatic heterocycles. The van der Waals surface area contributed by atoms with E-state index in [-0.39, 0.29) is 6.04 Å². The fraction of sp³-hybridized carbons (Fsp3) is 0.286. The largest absolute Gasteiger partial charge is 0.350 e. The topological polar surface area (TPSA) is 30.9 Å². The van der Waals surface area contributed by atoms with E-state index in [0.29, 0.717) is 11.6 Å². The lowest BCUT2D eigenvalue weighted by molar-refractivity contribution is 0.693. The Morgan fingerprint density at radius 2 is 2.06 bits per heavy atom. The Balaban J connectivity index is 2.18. The summed E-state index contributed by atoms with van der Waals surface area (Å²) in [4.78, 5) is 0. The van der Waals surface area contributed by atoms with Crippen LogP contribution in [-0.2, 0) is 6.54 Å². The van der Waals surface area contributed by atoms with Gasteiger partial charge in [0.2, 0.25) is 0 Å². The lowest BCUT2D eigenvalue weighted by Crippen LogP contribution is -2.07. The van der Waals surface area contributed by atoms with Gasteiger partial charge in [0.05, 0.1) is 0 Å². The summed E-state index contributed by atoms with van der Waals surface area (Å²) in [6.07, 6.45) is 5.01. The molecule has 2 nitrogen and oxygen atoms in total. The summed E-state index contributed by atoms with van der Waals surface area (Å²) in [7, 11) is 0. The first-order valence-electron chi connectivity index (χ1n) is 5.95. The van der Waals surface area contributed by atoms with Gasteiger partial charge in [-0.15, -0.1) is 0 Å². The number of rotatable bonds is 4. The van der Waals surface area contributed by atoms with Crippen molar-refractivity contribution >= 4 is 23.2 Å². The van der Waals surface area contributed by atoms with Crippen LogP contribution in [0.4, 0.5) is 0 Å². The molecular weight excluding hydrogens is 267 g/mol. The molecule has 2 N–H and O–H groups in total. The number of benzene rings is 1.